The Morgan fingerprint density at radius 1 is 1.03 bits per heavy atom. The highest BCUT2D eigenvalue weighted by atomic mass is 32.2. The van der Waals surface area contributed by atoms with Crippen LogP contribution in [0.1, 0.15) is 27.8 Å². The molecule has 182 valence electrons. The molecule has 1 N–H and O–H groups in total. The van der Waals surface area contributed by atoms with Crippen molar-refractivity contribution in [3.63, 3.8) is 0 Å². The van der Waals surface area contributed by atoms with Crippen LogP contribution in [0.2, 0.25) is 0 Å². The number of hydrazone groups is 1. The lowest BCUT2D eigenvalue weighted by Crippen LogP contribution is -2.39. The number of carbonyl (C=O) groups is 1. The zero-order valence-electron chi connectivity index (χ0n) is 19.6. The number of carbonyl (C=O) groups excluding carboxylic acids is 1. The summed E-state index contributed by atoms with van der Waals surface area (Å²) >= 11 is 0. The van der Waals surface area contributed by atoms with Crippen molar-refractivity contribution in [1.82, 2.24) is 9.73 Å². The maximum Gasteiger partial charge on any atom is 0.270 e. The minimum absolute atomic E-state index is 0.00204. The summed E-state index contributed by atoms with van der Waals surface area (Å²) in [5.74, 6) is -0.645. The number of rotatable bonds is 9. The first-order valence-electron chi connectivity index (χ1n) is 10.8. The number of benzene rings is 3. The second-order valence-corrected chi connectivity index (χ2v) is 10.0. The molecule has 0 unspecified atom stereocenters. The summed E-state index contributed by atoms with van der Waals surface area (Å²) in [7, 11) is -4.02. The summed E-state index contributed by atoms with van der Waals surface area (Å²) in [5.41, 5.74) is 5.50. The third-order valence-electron chi connectivity index (χ3n) is 5.21. The van der Waals surface area contributed by atoms with E-state index in [0.29, 0.717) is 16.7 Å². The van der Waals surface area contributed by atoms with Gasteiger partial charge in [-0.25, -0.2) is 13.8 Å². The lowest BCUT2D eigenvalue weighted by atomic mass is 10.1. The van der Waals surface area contributed by atoms with E-state index < -0.39 is 27.4 Å². The van der Waals surface area contributed by atoms with Crippen LogP contribution in [0.5, 0.6) is 0 Å². The van der Waals surface area contributed by atoms with E-state index in [4.69, 9.17) is 0 Å². The molecular weight excluding hydrogens is 468 g/mol. The molecule has 0 aromatic heterocycles. The van der Waals surface area contributed by atoms with Crippen LogP contribution in [-0.2, 0) is 21.4 Å². The fourth-order valence-corrected chi connectivity index (χ4v) is 5.60. The quantitative estimate of drug-likeness (QED) is 0.275. The van der Waals surface area contributed by atoms with Crippen molar-refractivity contribution in [3.8, 4) is 0 Å². The minimum atomic E-state index is -4.02. The second-order valence-electron chi connectivity index (χ2n) is 8.13. The molecule has 0 aliphatic heterocycles. The van der Waals surface area contributed by atoms with Crippen LogP contribution in [0, 0.1) is 30.9 Å². The van der Waals surface area contributed by atoms with E-state index in [2.05, 4.69) is 10.5 Å². The molecular formula is C25H26N4O5S. The first kappa shape index (κ1) is 25.7. The lowest BCUT2D eigenvalue weighted by molar-refractivity contribution is -0.384. The van der Waals surface area contributed by atoms with Crippen molar-refractivity contribution in [2.45, 2.75) is 32.2 Å². The SMILES string of the molecule is Cc1cc(C)c(S(=O)(=O)N(CC(=O)N/N=C\c2cccc([N+](=O)[O-])c2)Cc2ccccc2)c(C)c1. The maximum atomic E-state index is 13.7. The van der Waals surface area contributed by atoms with Crippen molar-refractivity contribution in [3.05, 3.63) is 105 Å². The highest BCUT2D eigenvalue weighted by Crippen LogP contribution is 2.26. The van der Waals surface area contributed by atoms with Gasteiger partial charge in [-0.05, 0) is 37.5 Å². The molecule has 3 aromatic rings. The van der Waals surface area contributed by atoms with Gasteiger partial charge in [0.2, 0.25) is 10.0 Å². The summed E-state index contributed by atoms with van der Waals surface area (Å²) in [6, 6.07) is 18.3. The third-order valence-corrected chi connectivity index (χ3v) is 7.31. The molecule has 3 rings (SSSR count). The Morgan fingerprint density at radius 3 is 2.31 bits per heavy atom. The number of nitro benzene ring substituents is 1. The molecule has 1 amide bonds. The smallest absolute Gasteiger partial charge is 0.270 e. The predicted octanol–water partition coefficient (Wildman–Crippen LogP) is 3.86. The fraction of sp³-hybridized carbons (Fsp3) is 0.200. The average Bonchev–Trinajstić information content (AvgIpc) is 2.78. The van der Waals surface area contributed by atoms with E-state index in [1.807, 2.05) is 13.0 Å². The molecule has 10 heteroatoms. The van der Waals surface area contributed by atoms with Gasteiger partial charge in [0.15, 0.2) is 0 Å². The Morgan fingerprint density at radius 2 is 1.69 bits per heavy atom. The lowest BCUT2D eigenvalue weighted by Gasteiger charge is -2.24. The normalized spacial score (nSPS) is 11.7. The van der Waals surface area contributed by atoms with Gasteiger partial charge >= 0.3 is 0 Å². The molecule has 0 bridgehead atoms. The van der Waals surface area contributed by atoms with Crippen molar-refractivity contribution >= 4 is 27.8 Å². The largest absolute Gasteiger partial charge is 0.272 e. The number of sulfonamides is 1. The zero-order chi connectivity index (χ0) is 25.6. The maximum absolute atomic E-state index is 13.7. The number of nitrogens with zero attached hydrogens (tertiary/aromatic N) is 3. The predicted molar refractivity (Wildman–Crippen MR) is 134 cm³/mol. The van der Waals surface area contributed by atoms with Crippen LogP contribution < -0.4 is 5.43 Å². The molecule has 0 aliphatic carbocycles. The van der Waals surface area contributed by atoms with Crippen LogP contribution in [-0.4, -0.2) is 36.3 Å². The van der Waals surface area contributed by atoms with E-state index in [1.165, 1.54) is 24.4 Å². The van der Waals surface area contributed by atoms with E-state index in [1.54, 1.807) is 56.3 Å². The number of hydrogen-bond donors (Lipinski definition) is 1. The molecule has 0 spiro atoms. The summed E-state index contributed by atoms with van der Waals surface area (Å²) in [6.07, 6.45) is 1.26. The number of non-ortho nitro benzene ring substituents is 1. The first-order valence-corrected chi connectivity index (χ1v) is 12.2. The highest BCUT2D eigenvalue weighted by Gasteiger charge is 2.30. The number of aryl methyl sites for hydroxylation is 3. The van der Waals surface area contributed by atoms with Crippen LogP contribution in [0.25, 0.3) is 0 Å². The number of hydrogen-bond acceptors (Lipinski definition) is 6. The van der Waals surface area contributed by atoms with Gasteiger partial charge in [0, 0.05) is 24.2 Å². The summed E-state index contributed by atoms with van der Waals surface area (Å²) < 4.78 is 28.4. The molecule has 0 saturated carbocycles. The van der Waals surface area contributed by atoms with Crippen molar-refractivity contribution in [1.29, 1.82) is 0 Å². The van der Waals surface area contributed by atoms with Crippen LogP contribution in [0.4, 0.5) is 5.69 Å². The average molecular weight is 495 g/mol. The van der Waals surface area contributed by atoms with Crippen molar-refractivity contribution in [2.75, 3.05) is 6.54 Å². The van der Waals surface area contributed by atoms with Gasteiger partial charge in [-0.15, -0.1) is 0 Å². The minimum Gasteiger partial charge on any atom is -0.272 e. The third kappa shape index (κ3) is 6.58. The molecule has 35 heavy (non-hydrogen) atoms. The fourth-order valence-electron chi connectivity index (χ4n) is 3.81. The molecule has 9 nitrogen and oxygen atoms in total. The molecule has 0 saturated heterocycles. The van der Waals surface area contributed by atoms with Gasteiger partial charge in [-0.3, -0.25) is 14.9 Å². The Balaban J connectivity index is 1.84. The Kier molecular flexibility index (Phi) is 8.10. The van der Waals surface area contributed by atoms with Gasteiger partial charge in [-0.1, -0.05) is 60.2 Å². The highest BCUT2D eigenvalue weighted by molar-refractivity contribution is 7.89. The van der Waals surface area contributed by atoms with Gasteiger partial charge < -0.3 is 0 Å². The molecule has 0 fully saturated rings. The Labute approximate surface area is 204 Å². The number of nitro groups is 1. The van der Waals surface area contributed by atoms with Crippen LogP contribution >= 0.6 is 0 Å². The Hall–Kier alpha value is -3.89. The molecule has 0 heterocycles. The summed E-state index contributed by atoms with van der Waals surface area (Å²) in [4.78, 5) is 23.2. The van der Waals surface area contributed by atoms with Crippen molar-refractivity contribution in [2.24, 2.45) is 5.10 Å². The van der Waals surface area contributed by atoms with Gasteiger partial charge in [-0.2, -0.15) is 9.41 Å². The molecule has 0 radical (unpaired) electrons. The monoisotopic (exact) mass is 494 g/mol. The number of nitrogens with one attached hydrogen (secondary N) is 1. The molecule has 3 aromatic carbocycles. The first-order chi connectivity index (χ1) is 16.6. The zero-order valence-corrected chi connectivity index (χ0v) is 20.5. The van der Waals surface area contributed by atoms with E-state index in [0.717, 1.165) is 15.4 Å². The van der Waals surface area contributed by atoms with E-state index in [9.17, 15) is 23.3 Å². The van der Waals surface area contributed by atoms with E-state index >= 15 is 0 Å². The molecule has 0 atom stereocenters. The summed E-state index contributed by atoms with van der Waals surface area (Å²) in [5, 5.41) is 14.7. The van der Waals surface area contributed by atoms with Gasteiger partial charge in [0.05, 0.1) is 22.6 Å². The van der Waals surface area contributed by atoms with Crippen molar-refractivity contribution < 1.29 is 18.1 Å². The van der Waals surface area contributed by atoms with Crippen LogP contribution in [0.15, 0.2) is 76.7 Å². The second kappa shape index (κ2) is 11.0. The van der Waals surface area contributed by atoms with Crippen LogP contribution in [0.3, 0.4) is 0 Å². The van der Waals surface area contributed by atoms with E-state index in [-0.39, 0.29) is 17.1 Å². The van der Waals surface area contributed by atoms with Gasteiger partial charge in [0.1, 0.15) is 0 Å². The summed E-state index contributed by atoms with van der Waals surface area (Å²) in [6.45, 7) is 4.90. The standard InChI is InChI=1S/C25H26N4O5S/c1-18-12-19(2)25(20(3)13-18)35(33,34)28(16-21-8-5-4-6-9-21)17-24(30)27-26-15-22-10-7-11-23(14-22)29(31)32/h4-15H,16-17H2,1-3H3,(H,27,30)/b26-15-. The Bertz CT molecular complexity index is 1350. The number of amides is 1. The van der Waals surface area contributed by atoms with Gasteiger partial charge in [0.25, 0.3) is 11.6 Å². The topological polar surface area (TPSA) is 122 Å². The molecule has 0 aliphatic rings.